The van der Waals surface area contributed by atoms with Gasteiger partial charge in [-0.15, -0.1) is 0 Å². The average Bonchev–Trinajstić information content (AvgIpc) is 2.83. The Bertz CT molecular complexity index is 1110. The summed E-state index contributed by atoms with van der Waals surface area (Å²) in [5, 5.41) is 1.85. The van der Waals surface area contributed by atoms with E-state index in [4.69, 9.17) is 5.73 Å². The predicted molar refractivity (Wildman–Crippen MR) is 134 cm³/mol. The molecule has 0 saturated carbocycles. The number of anilines is 2. The molecule has 0 fully saturated rings. The number of nitrogens with zero attached hydrogens (tertiary/aromatic N) is 1. The molecule has 4 nitrogen and oxygen atoms in total. The van der Waals surface area contributed by atoms with Crippen molar-refractivity contribution in [1.82, 2.24) is 0 Å². The zero-order chi connectivity index (χ0) is 23.3. The van der Waals surface area contributed by atoms with Crippen molar-refractivity contribution < 1.29 is 9.59 Å². The van der Waals surface area contributed by atoms with Crippen LogP contribution < -0.4 is 10.6 Å². The third-order valence-corrected chi connectivity index (χ3v) is 6.32. The summed E-state index contributed by atoms with van der Waals surface area (Å²) in [5.74, 6) is -0.681. The van der Waals surface area contributed by atoms with Crippen LogP contribution in [0, 0.1) is 17.8 Å². The number of amides is 1. The highest BCUT2D eigenvalue weighted by atomic mass is 16.2. The number of carbonyl (C=O) groups excluding carboxylic acids is 2. The van der Waals surface area contributed by atoms with Gasteiger partial charge in [0.15, 0.2) is 0 Å². The third-order valence-electron chi connectivity index (χ3n) is 6.32. The first-order valence-corrected chi connectivity index (χ1v) is 11.1. The van der Waals surface area contributed by atoms with Gasteiger partial charge in [-0.3, -0.25) is 4.79 Å². The summed E-state index contributed by atoms with van der Waals surface area (Å²) >= 11 is 0. The predicted octanol–water partition coefficient (Wildman–Crippen LogP) is 5.97. The molecular weight excluding hydrogens is 396 g/mol. The molecule has 32 heavy (non-hydrogen) atoms. The van der Waals surface area contributed by atoms with Crippen LogP contribution in [0.25, 0.3) is 16.3 Å². The lowest BCUT2D eigenvalue weighted by Gasteiger charge is -2.32. The van der Waals surface area contributed by atoms with Crippen LogP contribution in [-0.4, -0.2) is 19.2 Å². The first-order chi connectivity index (χ1) is 15.4. The Balaban J connectivity index is 2.01. The van der Waals surface area contributed by atoms with Crippen molar-refractivity contribution >= 4 is 39.9 Å². The minimum Gasteiger partial charge on any atom is -0.398 e. The number of nitrogen functional groups attached to an aromatic ring is 1. The Kier molecular flexibility index (Phi) is 7.47. The summed E-state index contributed by atoms with van der Waals surface area (Å²) in [7, 11) is 1.80. The number of aldehydes is 1. The molecule has 0 heterocycles. The number of carbonyl (C=O) groups is 2. The maximum absolute atomic E-state index is 13.9. The normalized spacial score (nSPS) is 13.8. The Hall–Kier alpha value is -3.40. The van der Waals surface area contributed by atoms with Crippen molar-refractivity contribution in [2.75, 3.05) is 17.7 Å². The van der Waals surface area contributed by atoms with E-state index in [-0.39, 0.29) is 23.7 Å². The number of benzene rings is 3. The fourth-order valence-corrected chi connectivity index (χ4v) is 4.50. The van der Waals surface area contributed by atoms with Crippen molar-refractivity contribution in [3.8, 4) is 0 Å². The van der Waals surface area contributed by atoms with Gasteiger partial charge in [-0.2, -0.15) is 0 Å². The molecule has 1 amide bonds. The molecule has 166 valence electrons. The molecule has 3 rings (SSSR count). The van der Waals surface area contributed by atoms with Crippen LogP contribution in [-0.2, 0) is 9.59 Å². The Morgan fingerprint density at radius 3 is 2.25 bits per heavy atom. The second-order valence-electron chi connectivity index (χ2n) is 8.48. The lowest BCUT2D eigenvalue weighted by atomic mass is 9.76. The topological polar surface area (TPSA) is 63.4 Å². The van der Waals surface area contributed by atoms with Crippen LogP contribution >= 0.6 is 0 Å². The molecule has 0 spiro atoms. The number of hydrogen-bond acceptors (Lipinski definition) is 3. The average molecular weight is 429 g/mol. The van der Waals surface area contributed by atoms with E-state index in [9.17, 15) is 9.59 Å². The summed E-state index contributed by atoms with van der Waals surface area (Å²) in [6.07, 6.45) is 2.16. The highest BCUT2D eigenvalue weighted by Crippen LogP contribution is 2.37. The fraction of sp³-hybridized carbons (Fsp3) is 0.286. The van der Waals surface area contributed by atoms with E-state index in [2.05, 4.69) is 13.5 Å². The number of nitrogens with two attached hydrogens (primary N) is 1. The van der Waals surface area contributed by atoms with Crippen LogP contribution in [0.2, 0.25) is 0 Å². The zero-order valence-electron chi connectivity index (χ0n) is 19.1. The maximum atomic E-state index is 13.9. The number of fused-ring (bicyclic) bond motifs is 1. The van der Waals surface area contributed by atoms with Gasteiger partial charge in [-0.25, -0.2) is 0 Å². The molecule has 3 atom stereocenters. The summed E-state index contributed by atoms with van der Waals surface area (Å²) < 4.78 is 0. The summed E-state index contributed by atoms with van der Waals surface area (Å²) in [6, 6.07) is 21.5. The van der Waals surface area contributed by atoms with E-state index >= 15 is 0 Å². The van der Waals surface area contributed by atoms with Crippen molar-refractivity contribution in [2.24, 2.45) is 17.8 Å². The van der Waals surface area contributed by atoms with Gasteiger partial charge in [0.05, 0.1) is 5.69 Å². The van der Waals surface area contributed by atoms with E-state index in [1.54, 1.807) is 11.9 Å². The van der Waals surface area contributed by atoms with Crippen LogP contribution in [0.5, 0.6) is 0 Å². The van der Waals surface area contributed by atoms with Gasteiger partial charge in [0.25, 0.3) is 0 Å². The number of allylic oxidation sites excluding steroid dienone is 1. The molecule has 0 aliphatic carbocycles. The quantitative estimate of drug-likeness (QED) is 0.337. The van der Waals surface area contributed by atoms with Crippen LogP contribution in [0.15, 0.2) is 73.3 Å². The van der Waals surface area contributed by atoms with Gasteiger partial charge in [-0.1, -0.05) is 75.0 Å². The minimum absolute atomic E-state index is 0.0162. The lowest BCUT2D eigenvalue weighted by molar-refractivity contribution is -0.124. The van der Waals surface area contributed by atoms with Gasteiger partial charge in [0, 0.05) is 35.3 Å². The SMILES string of the molecule is C=C(c1ccccc1)C(CC)C(CC(C)C=O)C(=O)N(C)c1ccc(N)c2ccccc12. The molecule has 0 aliphatic rings. The first-order valence-electron chi connectivity index (χ1n) is 11.1. The monoisotopic (exact) mass is 428 g/mol. The minimum atomic E-state index is -0.366. The van der Waals surface area contributed by atoms with Crippen LogP contribution in [0.3, 0.4) is 0 Å². The van der Waals surface area contributed by atoms with Gasteiger partial charge >= 0.3 is 0 Å². The first kappa shape index (κ1) is 23.3. The smallest absolute Gasteiger partial charge is 0.230 e. The van der Waals surface area contributed by atoms with Gasteiger partial charge in [0.1, 0.15) is 6.29 Å². The van der Waals surface area contributed by atoms with Gasteiger partial charge in [0.2, 0.25) is 5.91 Å². The molecule has 3 unspecified atom stereocenters. The summed E-state index contributed by atoms with van der Waals surface area (Å²) in [5.41, 5.74) is 9.61. The Morgan fingerprint density at radius 2 is 1.62 bits per heavy atom. The van der Waals surface area contributed by atoms with E-state index in [0.29, 0.717) is 12.1 Å². The lowest BCUT2D eigenvalue weighted by Crippen LogP contribution is -2.38. The molecule has 2 N–H and O–H groups in total. The molecular formula is C28H32N2O2. The van der Waals surface area contributed by atoms with Crippen molar-refractivity contribution in [3.63, 3.8) is 0 Å². The number of rotatable bonds is 9. The largest absolute Gasteiger partial charge is 0.398 e. The molecule has 0 radical (unpaired) electrons. The second-order valence-corrected chi connectivity index (χ2v) is 8.48. The van der Waals surface area contributed by atoms with Crippen molar-refractivity contribution in [1.29, 1.82) is 0 Å². The molecule has 0 bridgehead atoms. The highest BCUT2D eigenvalue weighted by molar-refractivity contribution is 6.07. The maximum Gasteiger partial charge on any atom is 0.230 e. The highest BCUT2D eigenvalue weighted by Gasteiger charge is 2.33. The molecule has 0 aliphatic heterocycles. The zero-order valence-corrected chi connectivity index (χ0v) is 19.1. The fourth-order valence-electron chi connectivity index (χ4n) is 4.50. The van der Waals surface area contributed by atoms with E-state index in [1.807, 2.05) is 73.7 Å². The van der Waals surface area contributed by atoms with E-state index in [0.717, 1.165) is 40.3 Å². The molecule has 3 aromatic rings. The Morgan fingerprint density at radius 1 is 1.00 bits per heavy atom. The summed E-state index contributed by atoms with van der Waals surface area (Å²) in [6.45, 7) is 8.29. The van der Waals surface area contributed by atoms with Crippen LogP contribution in [0.4, 0.5) is 11.4 Å². The number of hydrogen-bond donors (Lipinski definition) is 1. The van der Waals surface area contributed by atoms with Crippen molar-refractivity contribution in [3.05, 3.63) is 78.9 Å². The van der Waals surface area contributed by atoms with Crippen molar-refractivity contribution in [2.45, 2.75) is 26.7 Å². The van der Waals surface area contributed by atoms with Gasteiger partial charge < -0.3 is 15.4 Å². The van der Waals surface area contributed by atoms with E-state index < -0.39 is 0 Å². The van der Waals surface area contributed by atoms with E-state index in [1.165, 1.54) is 0 Å². The molecule has 4 heteroatoms. The molecule has 0 aromatic heterocycles. The third kappa shape index (κ3) is 4.75. The molecule has 0 saturated heterocycles. The molecule has 3 aromatic carbocycles. The van der Waals surface area contributed by atoms with Crippen LogP contribution in [0.1, 0.15) is 32.3 Å². The summed E-state index contributed by atoms with van der Waals surface area (Å²) in [4.78, 5) is 27.1. The standard InChI is InChI=1S/C28H32N2O2/c1-5-22(20(3)21-11-7-6-8-12-21)25(17-19(2)18-31)28(32)30(4)27-16-15-26(29)23-13-9-10-14-24(23)27/h6-16,18-19,22,25H,3,5,17,29H2,1-2,4H3. The second kappa shape index (κ2) is 10.3. The van der Waals surface area contributed by atoms with Gasteiger partial charge in [-0.05, 0) is 42.0 Å². The Labute approximate surface area is 190 Å².